The number of aryl methyl sites for hydroxylation is 1. The molecule has 1 aromatic carbocycles. The second-order valence-electron chi connectivity index (χ2n) is 6.49. The maximum absolute atomic E-state index is 6.21. The Morgan fingerprint density at radius 3 is 2.55 bits per heavy atom. The molecule has 22 heavy (non-hydrogen) atoms. The van der Waals surface area contributed by atoms with Crippen molar-refractivity contribution in [3.63, 3.8) is 0 Å². The summed E-state index contributed by atoms with van der Waals surface area (Å²) in [5, 5.41) is 0. The average Bonchev–Trinajstić information content (AvgIpc) is 2.57. The number of hydrogen-bond donors (Lipinski definition) is 0. The molecule has 0 unspecified atom stereocenters. The van der Waals surface area contributed by atoms with Crippen molar-refractivity contribution in [2.45, 2.75) is 25.9 Å². The highest BCUT2D eigenvalue weighted by atomic mass is 16.5. The predicted molar refractivity (Wildman–Crippen MR) is 88.0 cm³/mol. The minimum Gasteiger partial charge on any atom is -0.487 e. The number of nitrogens with zero attached hydrogens (tertiary/aromatic N) is 2. The molecule has 114 valence electrons. The molecule has 4 heterocycles. The van der Waals surface area contributed by atoms with E-state index in [1.54, 1.807) is 0 Å². The summed E-state index contributed by atoms with van der Waals surface area (Å²) in [7, 11) is 0. The fourth-order valence-corrected chi connectivity index (χ4v) is 3.69. The monoisotopic (exact) mass is 294 g/mol. The van der Waals surface area contributed by atoms with Crippen LogP contribution in [-0.4, -0.2) is 35.6 Å². The van der Waals surface area contributed by atoms with Gasteiger partial charge in [-0.3, -0.25) is 9.88 Å². The van der Waals surface area contributed by atoms with Gasteiger partial charge in [-0.25, -0.2) is 0 Å². The molecule has 3 heteroatoms. The van der Waals surface area contributed by atoms with E-state index in [0.29, 0.717) is 6.10 Å². The average molecular weight is 294 g/mol. The van der Waals surface area contributed by atoms with Gasteiger partial charge in [0.15, 0.2) is 0 Å². The molecule has 0 spiro atoms. The van der Waals surface area contributed by atoms with Gasteiger partial charge in [-0.05, 0) is 56.5 Å². The molecule has 5 rings (SSSR count). The van der Waals surface area contributed by atoms with Gasteiger partial charge in [-0.15, -0.1) is 0 Å². The normalized spacial score (nSPS) is 26.9. The zero-order chi connectivity index (χ0) is 14.9. The molecule has 0 amide bonds. The maximum atomic E-state index is 6.21. The Hall–Kier alpha value is -1.87. The van der Waals surface area contributed by atoms with Gasteiger partial charge < -0.3 is 4.74 Å². The SMILES string of the molecule is Cc1ccccc1-c1ccc(O[C@H]2CN3CCC2CC3)cn1. The third-order valence-electron chi connectivity index (χ3n) is 5.04. The van der Waals surface area contributed by atoms with E-state index >= 15 is 0 Å². The minimum atomic E-state index is 0.341. The number of fused-ring (bicyclic) bond motifs is 3. The smallest absolute Gasteiger partial charge is 0.138 e. The fourth-order valence-electron chi connectivity index (χ4n) is 3.69. The van der Waals surface area contributed by atoms with Crippen molar-refractivity contribution in [3.05, 3.63) is 48.2 Å². The number of ether oxygens (including phenoxy) is 1. The molecule has 2 bridgehead atoms. The number of benzene rings is 1. The van der Waals surface area contributed by atoms with Crippen LogP contribution in [0, 0.1) is 12.8 Å². The molecule has 0 radical (unpaired) electrons. The van der Waals surface area contributed by atoms with Crippen molar-refractivity contribution in [1.29, 1.82) is 0 Å². The zero-order valence-corrected chi connectivity index (χ0v) is 13.0. The summed E-state index contributed by atoms with van der Waals surface area (Å²) in [6, 6.07) is 12.5. The molecule has 1 aromatic heterocycles. The van der Waals surface area contributed by atoms with Crippen molar-refractivity contribution >= 4 is 0 Å². The van der Waals surface area contributed by atoms with Gasteiger partial charge >= 0.3 is 0 Å². The molecular formula is C19H22N2O. The van der Waals surface area contributed by atoms with Crippen LogP contribution < -0.4 is 4.74 Å². The maximum Gasteiger partial charge on any atom is 0.138 e. The number of rotatable bonds is 3. The summed E-state index contributed by atoms with van der Waals surface area (Å²) in [6.45, 7) is 5.68. The summed E-state index contributed by atoms with van der Waals surface area (Å²) in [5.41, 5.74) is 3.46. The quantitative estimate of drug-likeness (QED) is 0.866. The summed E-state index contributed by atoms with van der Waals surface area (Å²) < 4.78 is 6.21. The van der Waals surface area contributed by atoms with Gasteiger partial charge in [0.1, 0.15) is 11.9 Å². The van der Waals surface area contributed by atoms with Gasteiger partial charge in [0.05, 0.1) is 11.9 Å². The zero-order valence-electron chi connectivity index (χ0n) is 13.0. The molecule has 0 saturated carbocycles. The first-order chi connectivity index (χ1) is 10.8. The van der Waals surface area contributed by atoms with E-state index in [1.807, 2.05) is 6.20 Å². The molecule has 3 saturated heterocycles. The van der Waals surface area contributed by atoms with Crippen molar-refractivity contribution in [2.75, 3.05) is 19.6 Å². The van der Waals surface area contributed by atoms with Gasteiger partial charge in [-0.1, -0.05) is 24.3 Å². The second-order valence-corrected chi connectivity index (χ2v) is 6.49. The standard InChI is InChI=1S/C19H22N2O/c1-14-4-2-3-5-17(14)18-7-6-16(12-20-18)22-19-13-21-10-8-15(19)9-11-21/h2-7,12,15,19H,8-11,13H2,1H3/t19-/m0/s1. The largest absolute Gasteiger partial charge is 0.487 e. The van der Waals surface area contributed by atoms with E-state index in [0.717, 1.165) is 23.9 Å². The van der Waals surface area contributed by atoms with E-state index in [1.165, 1.54) is 37.1 Å². The van der Waals surface area contributed by atoms with Crippen molar-refractivity contribution in [2.24, 2.45) is 5.92 Å². The summed E-state index contributed by atoms with van der Waals surface area (Å²) in [6.07, 6.45) is 4.77. The summed E-state index contributed by atoms with van der Waals surface area (Å²) in [4.78, 5) is 7.11. The minimum absolute atomic E-state index is 0.341. The van der Waals surface area contributed by atoms with Crippen molar-refractivity contribution < 1.29 is 4.74 Å². The van der Waals surface area contributed by atoms with E-state index < -0.39 is 0 Å². The number of pyridine rings is 1. The highest BCUT2D eigenvalue weighted by Gasteiger charge is 2.35. The summed E-state index contributed by atoms with van der Waals surface area (Å²) >= 11 is 0. The molecule has 3 aliphatic heterocycles. The number of piperidine rings is 3. The van der Waals surface area contributed by atoms with E-state index in [-0.39, 0.29) is 0 Å². The topological polar surface area (TPSA) is 25.4 Å². The Bertz CT molecular complexity index is 645. The van der Waals surface area contributed by atoms with Gasteiger partial charge in [-0.2, -0.15) is 0 Å². The van der Waals surface area contributed by atoms with Crippen LogP contribution >= 0.6 is 0 Å². The molecule has 0 N–H and O–H groups in total. The first kappa shape index (κ1) is 13.8. The Kier molecular flexibility index (Phi) is 3.59. The predicted octanol–water partition coefficient (Wildman–Crippen LogP) is 3.53. The number of hydrogen-bond acceptors (Lipinski definition) is 3. The van der Waals surface area contributed by atoms with Crippen LogP contribution in [0.5, 0.6) is 5.75 Å². The van der Waals surface area contributed by atoms with Crippen LogP contribution in [0.25, 0.3) is 11.3 Å². The third kappa shape index (κ3) is 2.61. The molecule has 3 nitrogen and oxygen atoms in total. The lowest BCUT2D eigenvalue weighted by Crippen LogP contribution is -2.52. The van der Waals surface area contributed by atoms with Crippen LogP contribution in [-0.2, 0) is 0 Å². The van der Waals surface area contributed by atoms with Gasteiger partial charge in [0.2, 0.25) is 0 Å². The highest BCUT2D eigenvalue weighted by molar-refractivity contribution is 5.63. The van der Waals surface area contributed by atoms with Crippen LogP contribution in [0.15, 0.2) is 42.6 Å². The molecule has 3 fully saturated rings. The first-order valence-corrected chi connectivity index (χ1v) is 8.21. The third-order valence-corrected chi connectivity index (χ3v) is 5.04. The van der Waals surface area contributed by atoms with Crippen molar-refractivity contribution in [1.82, 2.24) is 9.88 Å². The second kappa shape index (κ2) is 5.73. The van der Waals surface area contributed by atoms with Gasteiger partial charge in [0.25, 0.3) is 0 Å². The lowest BCUT2D eigenvalue weighted by atomic mass is 9.86. The molecule has 1 atom stereocenters. The van der Waals surface area contributed by atoms with Crippen LogP contribution in [0.1, 0.15) is 18.4 Å². The van der Waals surface area contributed by atoms with E-state index in [9.17, 15) is 0 Å². The first-order valence-electron chi connectivity index (χ1n) is 8.21. The van der Waals surface area contributed by atoms with E-state index in [4.69, 9.17) is 4.74 Å². The molecule has 0 aliphatic carbocycles. The van der Waals surface area contributed by atoms with Crippen molar-refractivity contribution in [3.8, 4) is 17.0 Å². The lowest BCUT2D eigenvalue weighted by molar-refractivity contribution is -0.00791. The molecule has 3 aliphatic rings. The van der Waals surface area contributed by atoms with Crippen LogP contribution in [0.2, 0.25) is 0 Å². The molecular weight excluding hydrogens is 272 g/mol. The lowest BCUT2D eigenvalue weighted by Gasteiger charge is -2.44. The Morgan fingerprint density at radius 2 is 1.91 bits per heavy atom. The highest BCUT2D eigenvalue weighted by Crippen LogP contribution is 2.31. The van der Waals surface area contributed by atoms with E-state index in [2.05, 4.69) is 53.2 Å². The molecule has 2 aromatic rings. The Morgan fingerprint density at radius 1 is 1.09 bits per heavy atom. The summed E-state index contributed by atoms with van der Waals surface area (Å²) in [5.74, 6) is 1.62. The van der Waals surface area contributed by atoms with Crippen LogP contribution in [0.3, 0.4) is 0 Å². The fraction of sp³-hybridized carbons (Fsp3) is 0.421. The number of aromatic nitrogens is 1. The Labute approximate surface area is 131 Å². The van der Waals surface area contributed by atoms with Gasteiger partial charge in [0, 0.05) is 12.1 Å². The Balaban J connectivity index is 1.49. The van der Waals surface area contributed by atoms with Crippen LogP contribution in [0.4, 0.5) is 0 Å².